The highest BCUT2D eigenvalue weighted by Crippen LogP contribution is 2.25. The lowest BCUT2D eigenvalue weighted by molar-refractivity contribution is -0.113. The molecule has 1 aliphatic rings. The summed E-state index contributed by atoms with van der Waals surface area (Å²) in [7, 11) is -3.51. The standard InChI is InChI=1S/C20H24N6O3S3/c21-26-19(17-6-5-13-30-17)23-24-20(26)31-14-18(27)22-15-7-9-16(10-8-15)32(28,29)25-11-3-1-2-4-12-25/h5-10,13H,1-4,11-12,14,21H2,(H,22,27). The van der Waals surface area contributed by atoms with E-state index >= 15 is 0 Å². The number of anilines is 1. The van der Waals surface area contributed by atoms with Crippen molar-refractivity contribution in [2.45, 2.75) is 35.7 Å². The van der Waals surface area contributed by atoms with Crippen LogP contribution in [0.1, 0.15) is 25.7 Å². The Morgan fingerprint density at radius 3 is 2.47 bits per heavy atom. The fourth-order valence-corrected chi connectivity index (χ4v) is 6.30. The Hall–Kier alpha value is -2.41. The van der Waals surface area contributed by atoms with Crippen molar-refractivity contribution >= 4 is 44.7 Å². The Bertz CT molecular complexity index is 1150. The van der Waals surface area contributed by atoms with Crippen LogP contribution in [0, 0.1) is 0 Å². The predicted molar refractivity (Wildman–Crippen MR) is 127 cm³/mol. The SMILES string of the molecule is Nn1c(SCC(=O)Nc2ccc(S(=O)(=O)N3CCCCCC3)cc2)nnc1-c1cccs1. The monoisotopic (exact) mass is 492 g/mol. The van der Waals surface area contributed by atoms with Gasteiger partial charge in [-0.2, -0.15) is 4.31 Å². The van der Waals surface area contributed by atoms with Gasteiger partial charge in [-0.3, -0.25) is 4.79 Å². The van der Waals surface area contributed by atoms with Crippen molar-refractivity contribution in [3.8, 4) is 10.7 Å². The van der Waals surface area contributed by atoms with Gasteiger partial charge in [0.1, 0.15) is 0 Å². The lowest BCUT2D eigenvalue weighted by atomic mass is 10.2. The Morgan fingerprint density at radius 1 is 1.09 bits per heavy atom. The molecule has 3 aromatic rings. The number of nitrogens with two attached hydrogens (primary N) is 1. The zero-order valence-corrected chi connectivity index (χ0v) is 19.8. The third-order valence-electron chi connectivity index (χ3n) is 5.08. The molecule has 0 radical (unpaired) electrons. The molecule has 3 N–H and O–H groups in total. The van der Waals surface area contributed by atoms with Crippen LogP contribution < -0.4 is 11.2 Å². The van der Waals surface area contributed by atoms with E-state index in [0.29, 0.717) is 29.8 Å². The molecule has 0 spiro atoms. The van der Waals surface area contributed by atoms with E-state index in [-0.39, 0.29) is 16.6 Å². The molecule has 170 valence electrons. The maximum Gasteiger partial charge on any atom is 0.243 e. The molecule has 2 aromatic heterocycles. The number of amides is 1. The van der Waals surface area contributed by atoms with Gasteiger partial charge in [0, 0.05) is 18.8 Å². The summed E-state index contributed by atoms with van der Waals surface area (Å²) in [6, 6.07) is 10.1. The molecule has 1 aromatic carbocycles. The summed E-state index contributed by atoms with van der Waals surface area (Å²) >= 11 is 2.68. The van der Waals surface area contributed by atoms with E-state index in [9.17, 15) is 13.2 Å². The van der Waals surface area contributed by atoms with Gasteiger partial charge in [-0.25, -0.2) is 13.1 Å². The molecule has 9 nitrogen and oxygen atoms in total. The summed E-state index contributed by atoms with van der Waals surface area (Å²) in [5.41, 5.74) is 0.527. The summed E-state index contributed by atoms with van der Waals surface area (Å²) in [6.45, 7) is 1.11. The van der Waals surface area contributed by atoms with Gasteiger partial charge in [0.2, 0.25) is 21.1 Å². The van der Waals surface area contributed by atoms with E-state index in [1.54, 1.807) is 16.4 Å². The fourth-order valence-electron chi connectivity index (χ4n) is 3.42. The van der Waals surface area contributed by atoms with Gasteiger partial charge < -0.3 is 11.2 Å². The molecule has 0 saturated carbocycles. The second-order valence-electron chi connectivity index (χ2n) is 7.33. The molecule has 0 bridgehead atoms. The lowest BCUT2D eigenvalue weighted by Crippen LogP contribution is -2.31. The van der Waals surface area contributed by atoms with Crippen molar-refractivity contribution < 1.29 is 13.2 Å². The van der Waals surface area contributed by atoms with Gasteiger partial charge in [0.05, 0.1) is 15.5 Å². The number of benzene rings is 1. The van der Waals surface area contributed by atoms with Gasteiger partial charge >= 0.3 is 0 Å². The number of thioether (sulfide) groups is 1. The molecule has 0 atom stereocenters. The second kappa shape index (κ2) is 10.0. The molecule has 1 aliphatic heterocycles. The first-order valence-corrected chi connectivity index (χ1v) is 13.5. The first-order valence-electron chi connectivity index (χ1n) is 10.2. The molecule has 0 aliphatic carbocycles. The maximum absolute atomic E-state index is 12.9. The minimum Gasteiger partial charge on any atom is -0.335 e. The third kappa shape index (κ3) is 5.14. The highest BCUT2D eigenvalue weighted by atomic mass is 32.2. The van der Waals surface area contributed by atoms with Gasteiger partial charge in [-0.05, 0) is 48.6 Å². The van der Waals surface area contributed by atoms with Crippen molar-refractivity contribution in [3.05, 3.63) is 41.8 Å². The van der Waals surface area contributed by atoms with Gasteiger partial charge in [-0.1, -0.05) is 30.7 Å². The Morgan fingerprint density at radius 2 is 1.81 bits per heavy atom. The first kappa shape index (κ1) is 22.8. The molecule has 1 fully saturated rings. The number of carbonyl (C=O) groups excluding carboxylic acids is 1. The van der Waals surface area contributed by atoms with Crippen molar-refractivity contribution in [3.63, 3.8) is 0 Å². The summed E-state index contributed by atoms with van der Waals surface area (Å²) in [5, 5.41) is 13.3. The van der Waals surface area contributed by atoms with E-state index in [2.05, 4.69) is 15.5 Å². The summed E-state index contributed by atoms with van der Waals surface area (Å²) in [4.78, 5) is 13.5. The van der Waals surface area contributed by atoms with Crippen LogP contribution >= 0.6 is 23.1 Å². The van der Waals surface area contributed by atoms with Crippen molar-refractivity contribution in [2.24, 2.45) is 0 Å². The fraction of sp³-hybridized carbons (Fsp3) is 0.350. The first-order chi connectivity index (χ1) is 15.4. The number of nitrogen functional groups attached to an aromatic ring is 1. The lowest BCUT2D eigenvalue weighted by Gasteiger charge is -2.20. The van der Waals surface area contributed by atoms with Gasteiger partial charge in [-0.15, -0.1) is 21.5 Å². The van der Waals surface area contributed by atoms with Crippen LogP contribution in [-0.4, -0.2) is 52.3 Å². The zero-order chi connectivity index (χ0) is 22.6. The minimum absolute atomic E-state index is 0.0909. The second-order valence-corrected chi connectivity index (χ2v) is 11.2. The number of hydrogen-bond acceptors (Lipinski definition) is 8. The van der Waals surface area contributed by atoms with Crippen LogP contribution in [-0.2, 0) is 14.8 Å². The average Bonchev–Trinajstić information content (AvgIpc) is 3.34. The third-order valence-corrected chi connectivity index (χ3v) is 8.80. The van der Waals surface area contributed by atoms with E-state index in [1.807, 2.05) is 17.5 Å². The van der Waals surface area contributed by atoms with Crippen molar-refractivity contribution in [1.29, 1.82) is 0 Å². The number of sulfonamides is 1. The topological polar surface area (TPSA) is 123 Å². The maximum atomic E-state index is 12.9. The number of thiophene rings is 1. The van der Waals surface area contributed by atoms with Gasteiger partial charge in [0.15, 0.2) is 5.82 Å². The van der Waals surface area contributed by atoms with Crippen LogP contribution in [0.15, 0.2) is 51.8 Å². The van der Waals surface area contributed by atoms with Gasteiger partial charge in [0.25, 0.3) is 0 Å². The molecular formula is C20H24N6O3S3. The Labute approximate surface area is 195 Å². The number of nitrogens with one attached hydrogen (secondary N) is 1. The van der Waals surface area contributed by atoms with Crippen LogP contribution in [0.25, 0.3) is 10.7 Å². The normalized spacial score (nSPS) is 15.4. The molecule has 12 heteroatoms. The highest BCUT2D eigenvalue weighted by Gasteiger charge is 2.25. The molecule has 1 amide bonds. The largest absolute Gasteiger partial charge is 0.335 e. The van der Waals surface area contributed by atoms with Crippen LogP contribution in [0.2, 0.25) is 0 Å². The summed E-state index contributed by atoms with van der Waals surface area (Å²) in [6.07, 6.45) is 3.89. The zero-order valence-electron chi connectivity index (χ0n) is 17.3. The summed E-state index contributed by atoms with van der Waals surface area (Å²) < 4.78 is 28.6. The number of hydrogen-bond donors (Lipinski definition) is 2. The minimum atomic E-state index is -3.51. The molecule has 3 heterocycles. The van der Waals surface area contributed by atoms with Crippen LogP contribution in [0.5, 0.6) is 0 Å². The number of nitrogens with zero attached hydrogens (tertiary/aromatic N) is 4. The number of aromatic nitrogens is 3. The highest BCUT2D eigenvalue weighted by molar-refractivity contribution is 7.99. The van der Waals surface area contributed by atoms with Crippen LogP contribution in [0.3, 0.4) is 0 Å². The molecule has 4 rings (SSSR count). The molecular weight excluding hydrogens is 468 g/mol. The van der Waals surface area contributed by atoms with E-state index in [0.717, 1.165) is 30.6 Å². The molecule has 1 saturated heterocycles. The number of carbonyl (C=O) groups is 1. The number of rotatable bonds is 7. The van der Waals surface area contributed by atoms with Crippen molar-refractivity contribution in [2.75, 3.05) is 30.0 Å². The van der Waals surface area contributed by atoms with E-state index in [4.69, 9.17) is 5.84 Å². The summed E-state index contributed by atoms with van der Waals surface area (Å²) in [5.74, 6) is 6.43. The smallest absolute Gasteiger partial charge is 0.243 e. The quantitative estimate of drug-likeness (QED) is 0.384. The van der Waals surface area contributed by atoms with Crippen molar-refractivity contribution in [1.82, 2.24) is 19.2 Å². The molecule has 0 unspecified atom stereocenters. The Balaban J connectivity index is 1.34. The Kier molecular flexibility index (Phi) is 7.13. The van der Waals surface area contributed by atoms with E-state index < -0.39 is 10.0 Å². The van der Waals surface area contributed by atoms with E-state index in [1.165, 1.54) is 39.9 Å². The van der Waals surface area contributed by atoms with Crippen LogP contribution in [0.4, 0.5) is 5.69 Å². The average molecular weight is 493 g/mol. The predicted octanol–water partition coefficient (Wildman–Crippen LogP) is 3.02. The molecule has 32 heavy (non-hydrogen) atoms.